The molecular formula is C55H36N6O. The lowest BCUT2D eigenvalue weighted by molar-refractivity contribution is 0.618. The molecule has 1 aliphatic rings. The van der Waals surface area contributed by atoms with Crippen LogP contribution in [-0.2, 0) is 5.41 Å². The van der Waals surface area contributed by atoms with Crippen LogP contribution in [0.25, 0.3) is 112 Å². The second kappa shape index (κ2) is 12.9. The molecule has 0 saturated carbocycles. The molecule has 0 radical (unpaired) electrons. The molecule has 0 amide bonds. The predicted molar refractivity (Wildman–Crippen MR) is 250 cm³/mol. The highest BCUT2D eigenvalue weighted by atomic mass is 16.3. The third-order valence-corrected chi connectivity index (χ3v) is 12.8. The molecule has 12 aromatic rings. The summed E-state index contributed by atoms with van der Waals surface area (Å²) in [5, 5.41) is 4.43. The normalized spacial score (nSPS) is 13.1. The molecule has 292 valence electrons. The summed E-state index contributed by atoms with van der Waals surface area (Å²) in [6, 6.07) is 63.5. The van der Waals surface area contributed by atoms with Gasteiger partial charge in [0.05, 0.1) is 27.8 Å². The van der Waals surface area contributed by atoms with Crippen LogP contribution in [-0.4, -0.2) is 29.1 Å². The maximum Gasteiger partial charge on any atom is 0.238 e. The molecule has 4 aromatic heterocycles. The molecule has 7 nitrogen and oxygen atoms in total. The monoisotopic (exact) mass is 796 g/mol. The number of hydrogen-bond acceptors (Lipinski definition) is 5. The van der Waals surface area contributed by atoms with Gasteiger partial charge in [0.15, 0.2) is 17.2 Å². The zero-order valence-electron chi connectivity index (χ0n) is 33.9. The molecule has 0 unspecified atom stereocenters. The molecular weight excluding hydrogens is 761 g/mol. The molecule has 7 heteroatoms. The number of para-hydroxylation sites is 3. The number of oxazole rings is 1. The quantitative estimate of drug-likeness (QED) is 0.173. The van der Waals surface area contributed by atoms with E-state index >= 15 is 0 Å². The van der Waals surface area contributed by atoms with E-state index in [0.29, 0.717) is 29.1 Å². The SMILES string of the molecule is CC1(C)c2ccccc2-c2ccc(-c3nc(-c4ccccc4)nc(-n4c5ccccc5c5ccc6c7ccccc7n(-c7cccc8nc(-c9ccccc9)oc78)c6c54)n3)cc21. The summed E-state index contributed by atoms with van der Waals surface area (Å²) in [5.41, 5.74) is 14.2. The van der Waals surface area contributed by atoms with E-state index in [0.717, 1.165) is 71.5 Å². The average molecular weight is 797 g/mol. The fourth-order valence-electron chi connectivity index (χ4n) is 9.93. The minimum Gasteiger partial charge on any atom is -0.434 e. The summed E-state index contributed by atoms with van der Waals surface area (Å²) in [6.45, 7) is 4.61. The highest BCUT2D eigenvalue weighted by Crippen LogP contribution is 2.50. The molecule has 8 aromatic carbocycles. The van der Waals surface area contributed by atoms with Gasteiger partial charge in [-0.2, -0.15) is 9.97 Å². The van der Waals surface area contributed by atoms with E-state index in [-0.39, 0.29) is 5.41 Å². The lowest BCUT2D eigenvalue weighted by Gasteiger charge is -2.21. The fourth-order valence-corrected chi connectivity index (χ4v) is 9.93. The molecule has 62 heavy (non-hydrogen) atoms. The maximum atomic E-state index is 6.72. The Morgan fingerprint density at radius 3 is 1.77 bits per heavy atom. The molecule has 0 bridgehead atoms. The number of hydrogen-bond donors (Lipinski definition) is 0. The molecule has 0 aliphatic heterocycles. The number of nitrogens with zero attached hydrogens (tertiary/aromatic N) is 6. The van der Waals surface area contributed by atoms with Gasteiger partial charge < -0.3 is 8.98 Å². The Bertz CT molecular complexity index is 3780. The third kappa shape index (κ3) is 4.93. The minimum absolute atomic E-state index is 0.180. The van der Waals surface area contributed by atoms with Crippen molar-refractivity contribution in [3.63, 3.8) is 0 Å². The summed E-state index contributed by atoms with van der Waals surface area (Å²) in [4.78, 5) is 21.0. The first kappa shape index (κ1) is 34.7. The van der Waals surface area contributed by atoms with Crippen LogP contribution in [0.4, 0.5) is 0 Å². The van der Waals surface area contributed by atoms with Crippen molar-refractivity contribution in [1.82, 2.24) is 29.1 Å². The van der Waals surface area contributed by atoms with Crippen LogP contribution in [0.2, 0.25) is 0 Å². The van der Waals surface area contributed by atoms with Gasteiger partial charge in [0.2, 0.25) is 11.8 Å². The molecule has 0 atom stereocenters. The number of aromatic nitrogens is 6. The van der Waals surface area contributed by atoms with E-state index in [4.69, 9.17) is 24.4 Å². The van der Waals surface area contributed by atoms with Crippen molar-refractivity contribution in [3.05, 3.63) is 193 Å². The van der Waals surface area contributed by atoms with Gasteiger partial charge in [0.1, 0.15) is 5.52 Å². The first-order chi connectivity index (χ1) is 30.5. The van der Waals surface area contributed by atoms with Gasteiger partial charge in [0.25, 0.3) is 0 Å². The molecule has 0 spiro atoms. The Morgan fingerprint density at radius 2 is 1.03 bits per heavy atom. The van der Waals surface area contributed by atoms with E-state index in [9.17, 15) is 0 Å². The Hall–Kier alpha value is -8.16. The lowest BCUT2D eigenvalue weighted by Crippen LogP contribution is -2.15. The highest BCUT2D eigenvalue weighted by Gasteiger charge is 2.35. The van der Waals surface area contributed by atoms with Crippen LogP contribution < -0.4 is 0 Å². The van der Waals surface area contributed by atoms with Crippen molar-refractivity contribution in [1.29, 1.82) is 0 Å². The van der Waals surface area contributed by atoms with Gasteiger partial charge in [-0.15, -0.1) is 0 Å². The first-order valence-corrected chi connectivity index (χ1v) is 21.0. The summed E-state index contributed by atoms with van der Waals surface area (Å²) < 4.78 is 11.3. The highest BCUT2D eigenvalue weighted by molar-refractivity contribution is 6.24. The zero-order valence-corrected chi connectivity index (χ0v) is 33.9. The Morgan fingerprint density at radius 1 is 0.435 bits per heavy atom. The van der Waals surface area contributed by atoms with Gasteiger partial charge in [-0.25, -0.2) is 9.97 Å². The first-order valence-electron chi connectivity index (χ1n) is 21.0. The van der Waals surface area contributed by atoms with E-state index < -0.39 is 0 Å². The molecule has 13 rings (SSSR count). The van der Waals surface area contributed by atoms with E-state index in [1.54, 1.807) is 0 Å². The van der Waals surface area contributed by atoms with Gasteiger partial charge in [-0.1, -0.05) is 153 Å². The van der Waals surface area contributed by atoms with Crippen molar-refractivity contribution in [2.45, 2.75) is 19.3 Å². The Balaban J connectivity index is 1.13. The number of rotatable bonds is 5. The molecule has 0 N–H and O–H groups in total. The number of fused-ring (bicyclic) bond motifs is 11. The molecule has 0 saturated heterocycles. The summed E-state index contributed by atoms with van der Waals surface area (Å²) >= 11 is 0. The molecule has 0 fully saturated rings. The number of benzene rings is 8. The van der Waals surface area contributed by atoms with Crippen molar-refractivity contribution in [3.8, 4) is 57.0 Å². The van der Waals surface area contributed by atoms with Gasteiger partial charge in [-0.3, -0.25) is 4.57 Å². The Kier molecular flexibility index (Phi) is 7.23. The maximum absolute atomic E-state index is 6.72. The minimum atomic E-state index is -0.180. The van der Waals surface area contributed by atoms with Crippen LogP contribution in [0.1, 0.15) is 25.0 Å². The van der Waals surface area contributed by atoms with Gasteiger partial charge in [0, 0.05) is 43.7 Å². The standard InChI is InChI=1S/C55H36N6O/c1-55(2)42-23-12-9-20-36(42)37-29-28-35(32-43(37)55)52-57-51(33-16-5-3-6-17-33)58-54(59-52)61-46-26-14-11-22-39(46)41-31-30-40-38-21-10-13-25-45(38)60(48(40)49(41)61)47-27-15-24-44-50(47)62-53(56-44)34-18-7-4-8-19-34/h3-32H,1-2H3. The third-order valence-electron chi connectivity index (χ3n) is 12.8. The van der Waals surface area contributed by atoms with Gasteiger partial charge in [-0.05, 0) is 64.7 Å². The van der Waals surface area contributed by atoms with E-state index in [2.05, 4.69) is 150 Å². The van der Waals surface area contributed by atoms with Crippen LogP contribution in [0.5, 0.6) is 0 Å². The smallest absolute Gasteiger partial charge is 0.238 e. The van der Waals surface area contributed by atoms with Crippen molar-refractivity contribution >= 4 is 54.7 Å². The second-order valence-corrected chi connectivity index (χ2v) is 16.7. The van der Waals surface area contributed by atoms with Crippen LogP contribution in [0.3, 0.4) is 0 Å². The van der Waals surface area contributed by atoms with Crippen molar-refractivity contribution in [2.75, 3.05) is 0 Å². The zero-order chi connectivity index (χ0) is 41.1. The largest absolute Gasteiger partial charge is 0.434 e. The van der Waals surface area contributed by atoms with Crippen molar-refractivity contribution in [2.24, 2.45) is 0 Å². The lowest BCUT2D eigenvalue weighted by atomic mass is 9.82. The topological polar surface area (TPSA) is 74.6 Å². The van der Waals surface area contributed by atoms with E-state index in [1.165, 1.54) is 22.3 Å². The van der Waals surface area contributed by atoms with Crippen molar-refractivity contribution < 1.29 is 4.42 Å². The summed E-state index contributed by atoms with van der Waals surface area (Å²) in [7, 11) is 0. The fraction of sp³-hybridized carbons (Fsp3) is 0.0545. The average Bonchev–Trinajstić information content (AvgIpc) is 4.07. The van der Waals surface area contributed by atoms with Crippen LogP contribution >= 0.6 is 0 Å². The van der Waals surface area contributed by atoms with Crippen LogP contribution in [0.15, 0.2) is 186 Å². The van der Waals surface area contributed by atoms with Gasteiger partial charge >= 0.3 is 0 Å². The second-order valence-electron chi connectivity index (χ2n) is 16.7. The van der Waals surface area contributed by atoms with Crippen LogP contribution in [0, 0.1) is 0 Å². The molecule has 1 aliphatic carbocycles. The Labute approximate surface area is 356 Å². The summed E-state index contributed by atoms with van der Waals surface area (Å²) in [5.74, 6) is 2.34. The molecule has 4 heterocycles. The predicted octanol–water partition coefficient (Wildman–Crippen LogP) is 13.5. The summed E-state index contributed by atoms with van der Waals surface area (Å²) in [6.07, 6.45) is 0. The van der Waals surface area contributed by atoms with E-state index in [1.807, 2.05) is 54.6 Å².